The second kappa shape index (κ2) is 5.95. The number of nitrogen functional groups attached to an aromatic ring is 1. The Morgan fingerprint density at radius 3 is 2.37 bits per heavy atom. The number of nitrogens with one attached hydrogen (secondary N) is 1. The van der Waals surface area contributed by atoms with Gasteiger partial charge in [0.25, 0.3) is 10.0 Å². The number of benzene rings is 2. The van der Waals surface area contributed by atoms with Crippen molar-refractivity contribution in [1.82, 2.24) is 0 Å². The summed E-state index contributed by atoms with van der Waals surface area (Å²) in [7, 11) is -3.58. The molecule has 0 aromatic heterocycles. The Hall–Kier alpha value is -1.72. The van der Waals surface area contributed by atoms with E-state index in [0.29, 0.717) is 11.4 Å². The van der Waals surface area contributed by atoms with Crippen molar-refractivity contribution < 1.29 is 8.42 Å². The van der Waals surface area contributed by atoms with E-state index in [4.69, 9.17) is 5.73 Å². The zero-order valence-electron chi connectivity index (χ0n) is 10.3. The third-order valence-electron chi connectivity index (χ3n) is 2.44. The third kappa shape index (κ3) is 3.87. The van der Waals surface area contributed by atoms with Gasteiger partial charge >= 0.3 is 0 Å². The molecule has 0 spiro atoms. The van der Waals surface area contributed by atoms with E-state index < -0.39 is 10.0 Å². The van der Waals surface area contributed by atoms with Crippen molar-refractivity contribution >= 4 is 33.8 Å². The van der Waals surface area contributed by atoms with Crippen LogP contribution >= 0.6 is 12.4 Å². The van der Waals surface area contributed by atoms with Gasteiger partial charge in [-0.3, -0.25) is 4.72 Å². The molecule has 2 aromatic carbocycles. The van der Waals surface area contributed by atoms with Gasteiger partial charge in [0, 0.05) is 11.4 Å². The Bertz CT molecular complexity index is 672. The van der Waals surface area contributed by atoms with Gasteiger partial charge in [0.05, 0.1) is 4.90 Å². The Morgan fingerprint density at radius 2 is 1.74 bits per heavy atom. The highest BCUT2D eigenvalue weighted by atomic mass is 35.5. The smallest absolute Gasteiger partial charge is 0.261 e. The summed E-state index contributed by atoms with van der Waals surface area (Å²) in [4.78, 5) is 0.156. The van der Waals surface area contributed by atoms with Crippen LogP contribution in [0.5, 0.6) is 0 Å². The minimum atomic E-state index is -3.58. The predicted octanol–water partition coefficient (Wildman–Crippen LogP) is 2.80. The van der Waals surface area contributed by atoms with Crippen LogP contribution in [0.2, 0.25) is 0 Å². The lowest BCUT2D eigenvalue weighted by molar-refractivity contribution is 0.601. The summed E-state index contributed by atoms with van der Waals surface area (Å²) >= 11 is 0. The number of sulfonamides is 1. The van der Waals surface area contributed by atoms with Crippen molar-refractivity contribution in [3.05, 3.63) is 54.1 Å². The molecule has 0 aliphatic rings. The van der Waals surface area contributed by atoms with E-state index in [0.717, 1.165) is 5.56 Å². The fourth-order valence-corrected chi connectivity index (χ4v) is 2.71. The highest BCUT2D eigenvalue weighted by Gasteiger charge is 2.14. The lowest BCUT2D eigenvalue weighted by Crippen LogP contribution is -2.13. The number of aryl methyl sites for hydroxylation is 1. The van der Waals surface area contributed by atoms with E-state index in [-0.39, 0.29) is 17.3 Å². The first-order chi connectivity index (χ1) is 8.47. The van der Waals surface area contributed by atoms with Gasteiger partial charge in [0.15, 0.2) is 0 Å². The van der Waals surface area contributed by atoms with Gasteiger partial charge in [-0.05, 0) is 42.8 Å². The molecule has 0 atom stereocenters. The normalized spacial score (nSPS) is 10.6. The molecular formula is C13H15ClN2O2S. The van der Waals surface area contributed by atoms with Gasteiger partial charge in [-0.15, -0.1) is 12.4 Å². The molecule has 19 heavy (non-hydrogen) atoms. The van der Waals surface area contributed by atoms with E-state index in [1.807, 2.05) is 13.0 Å². The van der Waals surface area contributed by atoms with Gasteiger partial charge < -0.3 is 5.73 Å². The molecule has 102 valence electrons. The molecule has 0 aliphatic carbocycles. The van der Waals surface area contributed by atoms with E-state index >= 15 is 0 Å². The van der Waals surface area contributed by atoms with E-state index in [1.165, 1.54) is 12.1 Å². The lowest BCUT2D eigenvalue weighted by atomic mass is 10.2. The summed E-state index contributed by atoms with van der Waals surface area (Å²) in [5.41, 5.74) is 7.53. The summed E-state index contributed by atoms with van der Waals surface area (Å²) in [5.74, 6) is 0. The summed E-state index contributed by atoms with van der Waals surface area (Å²) in [5, 5.41) is 0. The van der Waals surface area contributed by atoms with Crippen LogP contribution in [0, 0.1) is 6.92 Å². The van der Waals surface area contributed by atoms with Gasteiger partial charge in [0.2, 0.25) is 0 Å². The SMILES string of the molecule is Cc1cccc(NS(=O)(=O)c2cccc(N)c2)c1.Cl. The second-order valence-corrected chi connectivity index (χ2v) is 5.73. The number of nitrogens with two attached hydrogens (primary N) is 1. The average molecular weight is 299 g/mol. The van der Waals surface area contributed by atoms with Crippen LogP contribution in [0.4, 0.5) is 11.4 Å². The van der Waals surface area contributed by atoms with Gasteiger partial charge in [-0.1, -0.05) is 18.2 Å². The molecule has 0 bridgehead atoms. The van der Waals surface area contributed by atoms with E-state index in [1.54, 1.807) is 30.3 Å². The molecule has 0 saturated heterocycles. The maximum atomic E-state index is 12.1. The summed E-state index contributed by atoms with van der Waals surface area (Å²) < 4.78 is 26.7. The van der Waals surface area contributed by atoms with Crippen molar-refractivity contribution in [2.75, 3.05) is 10.5 Å². The number of halogens is 1. The zero-order chi connectivity index (χ0) is 13.2. The first-order valence-electron chi connectivity index (χ1n) is 5.42. The highest BCUT2D eigenvalue weighted by Crippen LogP contribution is 2.18. The quantitative estimate of drug-likeness (QED) is 0.856. The predicted molar refractivity (Wildman–Crippen MR) is 80.1 cm³/mol. The monoisotopic (exact) mass is 298 g/mol. The van der Waals surface area contributed by atoms with Crippen LogP contribution in [-0.2, 0) is 10.0 Å². The number of hydrogen-bond donors (Lipinski definition) is 2. The molecule has 3 N–H and O–H groups in total. The third-order valence-corrected chi connectivity index (χ3v) is 3.82. The highest BCUT2D eigenvalue weighted by molar-refractivity contribution is 7.92. The molecule has 2 aromatic rings. The van der Waals surface area contributed by atoms with Crippen molar-refractivity contribution in [2.24, 2.45) is 0 Å². The Morgan fingerprint density at radius 1 is 1.05 bits per heavy atom. The van der Waals surface area contributed by atoms with E-state index in [9.17, 15) is 8.42 Å². The average Bonchev–Trinajstić information content (AvgIpc) is 2.28. The van der Waals surface area contributed by atoms with Crippen molar-refractivity contribution in [3.63, 3.8) is 0 Å². The Kier molecular flexibility index (Phi) is 4.80. The summed E-state index contributed by atoms with van der Waals surface area (Å²) in [6.45, 7) is 1.90. The molecular weight excluding hydrogens is 284 g/mol. The Labute approximate surface area is 119 Å². The zero-order valence-corrected chi connectivity index (χ0v) is 12.0. The molecule has 0 aliphatic heterocycles. The molecule has 0 fully saturated rings. The van der Waals surface area contributed by atoms with Crippen LogP contribution in [-0.4, -0.2) is 8.42 Å². The van der Waals surface area contributed by atoms with Crippen LogP contribution in [0.15, 0.2) is 53.4 Å². The first-order valence-corrected chi connectivity index (χ1v) is 6.91. The van der Waals surface area contributed by atoms with Crippen molar-refractivity contribution in [2.45, 2.75) is 11.8 Å². The van der Waals surface area contributed by atoms with Crippen LogP contribution < -0.4 is 10.5 Å². The van der Waals surface area contributed by atoms with Gasteiger partial charge in [-0.25, -0.2) is 8.42 Å². The molecule has 6 heteroatoms. The Balaban J connectivity index is 0.00000180. The topological polar surface area (TPSA) is 72.2 Å². The van der Waals surface area contributed by atoms with Gasteiger partial charge in [-0.2, -0.15) is 0 Å². The maximum Gasteiger partial charge on any atom is 0.261 e. The minimum Gasteiger partial charge on any atom is -0.399 e. The minimum absolute atomic E-state index is 0. The first kappa shape index (κ1) is 15.3. The molecule has 4 nitrogen and oxygen atoms in total. The fraction of sp³-hybridized carbons (Fsp3) is 0.0769. The molecule has 0 radical (unpaired) electrons. The standard InChI is InChI=1S/C13H14N2O2S.ClH/c1-10-4-2-6-12(8-10)15-18(16,17)13-7-3-5-11(14)9-13;/h2-9,15H,14H2,1H3;1H. The lowest BCUT2D eigenvalue weighted by Gasteiger charge is -2.09. The second-order valence-electron chi connectivity index (χ2n) is 4.05. The van der Waals surface area contributed by atoms with Crippen LogP contribution in [0.1, 0.15) is 5.56 Å². The summed E-state index contributed by atoms with van der Waals surface area (Å²) in [6, 6.07) is 13.4. The van der Waals surface area contributed by atoms with Gasteiger partial charge in [0.1, 0.15) is 0 Å². The molecule has 0 heterocycles. The summed E-state index contributed by atoms with van der Waals surface area (Å²) in [6.07, 6.45) is 0. The van der Waals surface area contributed by atoms with E-state index in [2.05, 4.69) is 4.72 Å². The largest absolute Gasteiger partial charge is 0.399 e. The van der Waals surface area contributed by atoms with Crippen molar-refractivity contribution in [1.29, 1.82) is 0 Å². The number of rotatable bonds is 3. The van der Waals surface area contributed by atoms with Crippen molar-refractivity contribution in [3.8, 4) is 0 Å². The van der Waals surface area contributed by atoms with Crippen LogP contribution in [0.3, 0.4) is 0 Å². The van der Waals surface area contributed by atoms with Crippen LogP contribution in [0.25, 0.3) is 0 Å². The maximum absolute atomic E-state index is 12.1. The molecule has 2 rings (SSSR count). The molecule has 0 saturated carbocycles. The fourth-order valence-electron chi connectivity index (χ4n) is 1.60. The molecule has 0 unspecified atom stereocenters. The number of anilines is 2. The number of hydrogen-bond acceptors (Lipinski definition) is 3. The molecule has 0 amide bonds.